The summed E-state index contributed by atoms with van der Waals surface area (Å²) in [5, 5.41) is 36.9. The second-order valence-corrected chi connectivity index (χ2v) is 10.7. The topological polar surface area (TPSA) is 217 Å². The van der Waals surface area contributed by atoms with Gasteiger partial charge >= 0.3 is 64.8 Å². The first kappa shape index (κ1) is 34.9. The monoisotopic (exact) mass is 647 g/mol. The largest absolute Gasteiger partial charge is 1.00 e. The Hall–Kier alpha value is -2.58. The number of β-lactam (4-membered cyclic amide) rings is 1. The SMILES string of the molecule is CO/N=C(\C(=O)NC1C(=O)N2C(C(=O)[O-])=C(CSc3ccc4nn(CCC(=O)[O-])c(=O)n4n3)CS[C@@H]12)c1ccco1.[Na+].[Na+]. The molecule has 2 atom stereocenters. The van der Waals surface area contributed by atoms with Gasteiger partial charge in [-0.1, -0.05) is 5.16 Å². The average molecular weight is 648 g/mol. The van der Waals surface area contributed by atoms with E-state index in [1.165, 1.54) is 37.3 Å². The number of carbonyl (C=O) groups is 4. The predicted molar refractivity (Wildman–Crippen MR) is 137 cm³/mol. The Balaban J connectivity index is 0.00000253. The summed E-state index contributed by atoms with van der Waals surface area (Å²) in [5.41, 5.74) is -0.523. The maximum absolute atomic E-state index is 13.0. The molecular formula is C23H19N7Na2O9S2. The van der Waals surface area contributed by atoms with Gasteiger partial charge in [-0.2, -0.15) is 9.61 Å². The van der Waals surface area contributed by atoms with Gasteiger partial charge in [0, 0.05) is 23.9 Å². The number of oxime groups is 1. The smallest absolute Gasteiger partial charge is 0.550 e. The zero-order valence-electron chi connectivity index (χ0n) is 23.0. The Morgan fingerprint density at radius 1 is 1.21 bits per heavy atom. The molecule has 1 fully saturated rings. The Bertz CT molecular complexity index is 1670. The molecule has 0 saturated carbocycles. The number of furan rings is 1. The van der Waals surface area contributed by atoms with E-state index in [0.717, 1.165) is 25.9 Å². The summed E-state index contributed by atoms with van der Waals surface area (Å²) < 4.78 is 7.16. The molecule has 5 heterocycles. The van der Waals surface area contributed by atoms with Gasteiger partial charge in [0.25, 0.3) is 11.8 Å². The number of hydrogen-bond donors (Lipinski definition) is 1. The number of aromatic nitrogens is 4. The van der Waals surface area contributed by atoms with Gasteiger partial charge in [0.2, 0.25) is 5.71 Å². The Morgan fingerprint density at radius 2 is 1.98 bits per heavy atom. The minimum Gasteiger partial charge on any atom is -0.550 e. The Kier molecular flexibility index (Phi) is 12.1. The van der Waals surface area contributed by atoms with Crippen LogP contribution in [0.2, 0.25) is 0 Å². The number of carboxylic acid groups (broad SMARTS) is 2. The van der Waals surface area contributed by atoms with Crippen LogP contribution in [0, 0.1) is 0 Å². The van der Waals surface area contributed by atoms with Gasteiger partial charge in [-0.15, -0.1) is 28.6 Å². The summed E-state index contributed by atoms with van der Waals surface area (Å²) in [7, 11) is 1.25. The molecule has 3 aromatic heterocycles. The number of fused-ring (bicyclic) bond motifs is 2. The van der Waals surface area contributed by atoms with Crippen molar-refractivity contribution < 1.29 is 97.8 Å². The van der Waals surface area contributed by atoms with Crippen molar-refractivity contribution in [2.45, 2.75) is 29.4 Å². The van der Waals surface area contributed by atoms with Crippen LogP contribution in [0.4, 0.5) is 0 Å². The number of nitrogens with zero attached hydrogens (tertiary/aromatic N) is 6. The fourth-order valence-corrected chi connectivity index (χ4v) is 6.51. The first-order chi connectivity index (χ1) is 19.7. The molecule has 2 amide bonds. The second kappa shape index (κ2) is 14.9. The zero-order valence-corrected chi connectivity index (χ0v) is 28.7. The van der Waals surface area contributed by atoms with E-state index >= 15 is 0 Å². The van der Waals surface area contributed by atoms with Gasteiger partial charge in [0.05, 0.1) is 24.5 Å². The molecule has 2 aliphatic rings. The number of nitrogens with one attached hydrogen (secondary N) is 1. The standard InChI is InChI=1S/C23H21N7O9S2.2Na/c1-38-27-16(12-3-2-8-39-12)19(33)24-17-20(34)29-18(22(35)36)11(10-41-21(17)29)9-40-14-5-4-13-25-28(7-6-15(31)32)23(37)30(13)26-14;;/h2-5,8,17,21H,6-7,9-10H2,1H3,(H,24,33)(H,31,32)(H,35,36);;/q;2*+1/p-2/b27-16-;;/t17?,21-;;/m0../s1. The minimum absolute atomic E-state index is 0. The number of amides is 2. The Labute approximate surface area is 294 Å². The van der Waals surface area contributed by atoms with E-state index in [1.54, 1.807) is 12.1 Å². The van der Waals surface area contributed by atoms with Crippen LogP contribution in [0.5, 0.6) is 0 Å². The maximum atomic E-state index is 13.0. The summed E-state index contributed by atoms with van der Waals surface area (Å²) in [6.07, 6.45) is 0.951. The average Bonchev–Trinajstić information content (AvgIpc) is 3.59. The predicted octanol–water partition coefficient (Wildman–Crippen LogP) is -8.82. The molecule has 0 aromatic carbocycles. The second-order valence-electron chi connectivity index (χ2n) is 8.56. The van der Waals surface area contributed by atoms with Gasteiger partial charge in [-0.05, 0) is 29.8 Å². The molecule has 0 bridgehead atoms. The summed E-state index contributed by atoms with van der Waals surface area (Å²) >= 11 is 2.39. The van der Waals surface area contributed by atoms with Crippen LogP contribution < -0.4 is 80.3 Å². The van der Waals surface area contributed by atoms with Gasteiger partial charge in [-0.3, -0.25) is 14.5 Å². The van der Waals surface area contributed by atoms with Crippen molar-refractivity contribution in [3.63, 3.8) is 0 Å². The van der Waals surface area contributed by atoms with Crippen LogP contribution in [0.1, 0.15) is 12.2 Å². The van der Waals surface area contributed by atoms with Crippen molar-refractivity contribution in [2.75, 3.05) is 18.6 Å². The minimum atomic E-state index is -1.55. The Morgan fingerprint density at radius 3 is 2.63 bits per heavy atom. The molecule has 3 aromatic rings. The summed E-state index contributed by atoms with van der Waals surface area (Å²) in [5.74, 6) is -3.79. The summed E-state index contributed by atoms with van der Waals surface area (Å²) in [6.45, 7) is -0.179. The molecule has 1 N–H and O–H groups in total. The first-order valence-corrected chi connectivity index (χ1v) is 13.9. The molecule has 214 valence electrons. The van der Waals surface area contributed by atoms with E-state index < -0.39 is 47.3 Å². The van der Waals surface area contributed by atoms with Crippen molar-refractivity contribution in [1.29, 1.82) is 0 Å². The van der Waals surface area contributed by atoms with Crippen molar-refractivity contribution >= 4 is 58.6 Å². The molecule has 0 aliphatic carbocycles. The molecule has 16 nitrogen and oxygen atoms in total. The van der Waals surface area contributed by atoms with E-state index in [0.29, 0.717) is 10.6 Å². The first-order valence-electron chi connectivity index (χ1n) is 11.8. The van der Waals surface area contributed by atoms with Crippen molar-refractivity contribution in [3.8, 4) is 0 Å². The number of aliphatic carboxylic acids is 2. The third kappa shape index (κ3) is 7.22. The fraction of sp³-hybridized carbons (Fsp3) is 0.304. The molecule has 0 spiro atoms. The van der Waals surface area contributed by atoms with Crippen LogP contribution in [0.15, 0.2) is 61.2 Å². The molecule has 20 heteroatoms. The van der Waals surface area contributed by atoms with Gasteiger partial charge in [-0.25, -0.2) is 9.48 Å². The normalized spacial score (nSPS) is 17.8. The molecular weight excluding hydrogens is 628 g/mol. The number of rotatable bonds is 11. The van der Waals surface area contributed by atoms with Crippen LogP contribution >= 0.6 is 23.5 Å². The number of thioether (sulfide) groups is 2. The third-order valence-electron chi connectivity index (χ3n) is 6.02. The van der Waals surface area contributed by atoms with Gasteiger partial charge in [0.15, 0.2) is 11.4 Å². The van der Waals surface area contributed by atoms with Crippen molar-refractivity contribution in [1.82, 2.24) is 29.6 Å². The van der Waals surface area contributed by atoms with Gasteiger partial charge in [0.1, 0.15) is 23.6 Å². The number of hydrogen-bond acceptors (Lipinski definition) is 14. The van der Waals surface area contributed by atoms with E-state index in [1.807, 2.05) is 0 Å². The van der Waals surface area contributed by atoms with Crippen LogP contribution in [-0.2, 0) is 30.6 Å². The fourth-order valence-electron chi connectivity index (χ4n) is 4.17. The molecule has 1 saturated heterocycles. The third-order valence-corrected chi connectivity index (χ3v) is 8.36. The molecule has 1 unspecified atom stereocenters. The number of aryl methyl sites for hydroxylation is 1. The van der Waals surface area contributed by atoms with Crippen molar-refractivity contribution in [2.24, 2.45) is 5.16 Å². The quantitative estimate of drug-likeness (QED) is 0.0673. The van der Waals surface area contributed by atoms with E-state index in [-0.39, 0.29) is 100.0 Å². The van der Waals surface area contributed by atoms with Crippen LogP contribution in [-0.4, -0.2) is 83.8 Å². The molecule has 2 aliphatic heterocycles. The summed E-state index contributed by atoms with van der Waals surface area (Å²) in [6, 6.07) is 5.12. The van der Waals surface area contributed by atoms with Crippen LogP contribution in [0.25, 0.3) is 5.65 Å². The molecule has 43 heavy (non-hydrogen) atoms. The molecule has 0 radical (unpaired) electrons. The zero-order chi connectivity index (χ0) is 29.3. The van der Waals surface area contributed by atoms with Crippen molar-refractivity contribution in [3.05, 3.63) is 58.0 Å². The van der Waals surface area contributed by atoms with E-state index in [9.17, 15) is 34.2 Å². The van der Waals surface area contributed by atoms with Gasteiger partial charge < -0.3 is 34.4 Å². The van der Waals surface area contributed by atoms with E-state index in [4.69, 9.17) is 9.25 Å². The summed E-state index contributed by atoms with van der Waals surface area (Å²) in [4.78, 5) is 66.9. The number of carboxylic acids is 2. The maximum Gasteiger partial charge on any atom is 1.00 e. The van der Waals surface area contributed by atoms with Crippen LogP contribution in [0.3, 0.4) is 0 Å². The number of carbonyl (C=O) groups excluding carboxylic acids is 4. The van der Waals surface area contributed by atoms with E-state index in [2.05, 4.69) is 20.7 Å². The molecule has 5 rings (SSSR count).